The van der Waals surface area contributed by atoms with Gasteiger partial charge in [0.1, 0.15) is 17.5 Å². The summed E-state index contributed by atoms with van der Waals surface area (Å²) >= 11 is 0. The molecule has 0 radical (unpaired) electrons. The smallest absolute Gasteiger partial charge is 0.191 e. The lowest BCUT2D eigenvalue weighted by Gasteiger charge is -2.27. The van der Waals surface area contributed by atoms with Crippen molar-refractivity contribution in [3.63, 3.8) is 0 Å². The van der Waals surface area contributed by atoms with Crippen LogP contribution in [0.1, 0.15) is 38.2 Å². The third-order valence-electron chi connectivity index (χ3n) is 6.03. The number of pyridine rings is 1. The van der Waals surface area contributed by atoms with Gasteiger partial charge in [0.15, 0.2) is 5.96 Å². The van der Waals surface area contributed by atoms with Gasteiger partial charge in [-0.05, 0) is 62.4 Å². The van der Waals surface area contributed by atoms with Crippen LogP contribution in [0.5, 0.6) is 0 Å². The highest BCUT2D eigenvalue weighted by atomic mass is 19.1. The second kappa shape index (κ2) is 10.6. The SMILES string of the molecule is CCNC(=NCc1ccnc(N2CCCCC2)c1)NC1CCN(c2ccc(F)cc2F)C1. The van der Waals surface area contributed by atoms with E-state index in [0.29, 0.717) is 25.3 Å². The molecule has 1 atom stereocenters. The normalized spacial score (nSPS) is 19.3. The molecule has 4 rings (SSSR count). The number of nitrogens with zero attached hydrogens (tertiary/aromatic N) is 4. The van der Waals surface area contributed by atoms with Crippen LogP contribution in [0.4, 0.5) is 20.3 Å². The first-order valence-electron chi connectivity index (χ1n) is 11.6. The molecule has 0 amide bonds. The predicted molar refractivity (Wildman–Crippen MR) is 125 cm³/mol. The average molecular weight is 443 g/mol. The summed E-state index contributed by atoms with van der Waals surface area (Å²) < 4.78 is 27.4. The van der Waals surface area contributed by atoms with Crippen molar-refractivity contribution in [2.75, 3.05) is 42.5 Å². The molecule has 2 N–H and O–H groups in total. The van der Waals surface area contributed by atoms with Crippen molar-refractivity contribution in [2.24, 2.45) is 4.99 Å². The summed E-state index contributed by atoms with van der Waals surface area (Å²) in [6, 6.07) is 8.03. The number of hydrogen-bond donors (Lipinski definition) is 2. The fourth-order valence-electron chi connectivity index (χ4n) is 4.37. The Bertz CT molecular complexity index is 928. The molecule has 2 fully saturated rings. The molecule has 3 heterocycles. The van der Waals surface area contributed by atoms with Gasteiger partial charge < -0.3 is 20.4 Å². The molecule has 0 bridgehead atoms. The van der Waals surface area contributed by atoms with E-state index in [1.54, 1.807) is 0 Å². The molecule has 1 unspecified atom stereocenters. The molecule has 1 aromatic carbocycles. The summed E-state index contributed by atoms with van der Waals surface area (Å²) in [5.41, 5.74) is 1.57. The van der Waals surface area contributed by atoms with Crippen LogP contribution in [0.3, 0.4) is 0 Å². The first-order chi connectivity index (χ1) is 15.6. The summed E-state index contributed by atoms with van der Waals surface area (Å²) in [5, 5.41) is 6.77. The second-order valence-corrected chi connectivity index (χ2v) is 8.44. The lowest BCUT2D eigenvalue weighted by atomic mass is 10.1. The molecule has 6 nitrogen and oxygen atoms in total. The van der Waals surface area contributed by atoms with Gasteiger partial charge in [-0.25, -0.2) is 18.8 Å². The maximum absolute atomic E-state index is 14.1. The minimum Gasteiger partial charge on any atom is -0.367 e. The molecule has 2 aliphatic rings. The summed E-state index contributed by atoms with van der Waals surface area (Å²) in [4.78, 5) is 13.6. The zero-order chi connectivity index (χ0) is 22.3. The minimum absolute atomic E-state index is 0.138. The average Bonchev–Trinajstić information content (AvgIpc) is 3.26. The molecule has 0 spiro atoms. The largest absolute Gasteiger partial charge is 0.367 e. The Morgan fingerprint density at radius 1 is 1.09 bits per heavy atom. The summed E-state index contributed by atoms with van der Waals surface area (Å²) in [7, 11) is 0. The third kappa shape index (κ3) is 5.66. The highest BCUT2D eigenvalue weighted by Gasteiger charge is 2.25. The third-order valence-corrected chi connectivity index (χ3v) is 6.03. The maximum atomic E-state index is 14.1. The fraction of sp³-hybridized carbons (Fsp3) is 0.500. The van der Waals surface area contributed by atoms with Crippen LogP contribution >= 0.6 is 0 Å². The van der Waals surface area contributed by atoms with Gasteiger partial charge in [0.25, 0.3) is 0 Å². The van der Waals surface area contributed by atoms with Crippen molar-refractivity contribution in [3.05, 3.63) is 53.7 Å². The molecule has 1 aromatic heterocycles. The molecule has 0 aliphatic carbocycles. The zero-order valence-electron chi connectivity index (χ0n) is 18.7. The Labute approximate surface area is 188 Å². The summed E-state index contributed by atoms with van der Waals surface area (Å²) in [5.74, 6) is 0.702. The number of aromatic nitrogens is 1. The molecule has 2 aliphatic heterocycles. The first kappa shape index (κ1) is 22.3. The molecule has 32 heavy (non-hydrogen) atoms. The molecule has 2 aromatic rings. The van der Waals surface area contributed by atoms with E-state index in [-0.39, 0.29) is 6.04 Å². The van der Waals surface area contributed by atoms with E-state index in [1.165, 1.54) is 31.4 Å². The number of benzene rings is 1. The molecular weight excluding hydrogens is 410 g/mol. The first-order valence-corrected chi connectivity index (χ1v) is 11.6. The molecule has 2 saturated heterocycles. The van der Waals surface area contributed by atoms with E-state index in [9.17, 15) is 8.78 Å². The maximum Gasteiger partial charge on any atom is 0.191 e. The van der Waals surface area contributed by atoms with E-state index in [4.69, 9.17) is 4.99 Å². The predicted octanol–water partition coefficient (Wildman–Crippen LogP) is 3.68. The standard InChI is InChI=1S/C24H32F2N6/c1-2-27-24(29-16-18-8-10-28-23(14-18)31-11-4-3-5-12-31)30-20-9-13-32(17-20)22-7-6-19(25)15-21(22)26/h6-8,10,14-15,20H,2-5,9,11-13,16-17H2,1H3,(H2,27,29,30). The number of rotatable bonds is 6. The molecule has 8 heteroatoms. The van der Waals surface area contributed by atoms with Crippen molar-refractivity contribution in [1.82, 2.24) is 15.6 Å². The van der Waals surface area contributed by atoms with Gasteiger partial charge in [-0.2, -0.15) is 0 Å². The topological polar surface area (TPSA) is 55.8 Å². The Hall–Kier alpha value is -2.90. The van der Waals surface area contributed by atoms with E-state index in [2.05, 4.69) is 26.6 Å². The molecule has 172 valence electrons. The number of anilines is 2. The fourth-order valence-corrected chi connectivity index (χ4v) is 4.37. The van der Waals surface area contributed by atoms with Gasteiger partial charge in [0.2, 0.25) is 0 Å². The highest BCUT2D eigenvalue weighted by Crippen LogP contribution is 2.24. The second-order valence-electron chi connectivity index (χ2n) is 8.44. The number of aliphatic imine (C=N–C) groups is 1. The quantitative estimate of drug-likeness (QED) is 0.528. The van der Waals surface area contributed by atoms with Gasteiger partial charge in [0.05, 0.1) is 12.2 Å². The van der Waals surface area contributed by atoms with E-state index < -0.39 is 11.6 Å². The summed E-state index contributed by atoms with van der Waals surface area (Å²) in [6.45, 7) is 6.83. The highest BCUT2D eigenvalue weighted by molar-refractivity contribution is 5.80. The van der Waals surface area contributed by atoms with Gasteiger partial charge in [-0.3, -0.25) is 0 Å². The Balaban J connectivity index is 1.37. The van der Waals surface area contributed by atoms with Crippen molar-refractivity contribution < 1.29 is 8.78 Å². The lowest BCUT2D eigenvalue weighted by Crippen LogP contribution is -2.44. The van der Waals surface area contributed by atoms with E-state index in [0.717, 1.165) is 49.5 Å². The van der Waals surface area contributed by atoms with Crippen LogP contribution in [-0.2, 0) is 6.54 Å². The van der Waals surface area contributed by atoms with Gasteiger partial charge in [0, 0.05) is 51.0 Å². The number of piperidine rings is 1. The molecular formula is C24H32F2N6. The van der Waals surface area contributed by atoms with Gasteiger partial charge in [-0.15, -0.1) is 0 Å². The number of guanidine groups is 1. The Morgan fingerprint density at radius 3 is 2.72 bits per heavy atom. The monoisotopic (exact) mass is 442 g/mol. The Morgan fingerprint density at radius 2 is 1.94 bits per heavy atom. The zero-order valence-corrected chi connectivity index (χ0v) is 18.7. The van der Waals surface area contributed by atoms with Crippen LogP contribution < -0.4 is 20.4 Å². The summed E-state index contributed by atoms with van der Waals surface area (Å²) in [6.07, 6.45) is 6.46. The van der Waals surface area contributed by atoms with Crippen LogP contribution in [0.15, 0.2) is 41.5 Å². The number of nitrogens with one attached hydrogen (secondary N) is 2. The van der Waals surface area contributed by atoms with Crippen LogP contribution in [0.25, 0.3) is 0 Å². The molecule has 0 saturated carbocycles. The van der Waals surface area contributed by atoms with Crippen molar-refractivity contribution >= 4 is 17.5 Å². The Kier molecular flexibility index (Phi) is 7.39. The van der Waals surface area contributed by atoms with Gasteiger partial charge >= 0.3 is 0 Å². The van der Waals surface area contributed by atoms with Crippen molar-refractivity contribution in [3.8, 4) is 0 Å². The lowest BCUT2D eigenvalue weighted by molar-refractivity contribution is 0.573. The number of hydrogen-bond acceptors (Lipinski definition) is 4. The number of halogens is 2. The van der Waals surface area contributed by atoms with Crippen LogP contribution in [-0.4, -0.2) is 49.7 Å². The van der Waals surface area contributed by atoms with E-state index >= 15 is 0 Å². The minimum atomic E-state index is -0.554. The van der Waals surface area contributed by atoms with Crippen LogP contribution in [0.2, 0.25) is 0 Å². The van der Waals surface area contributed by atoms with Crippen molar-refractivity contribution in [2.45, 2.75) is 45.2 Å². The van der Waals surface area contributed by atoms with Crippen LogP contribution in [0, 0.1) is 11.6 Å². The van der Waals surface area contributed by atoms with E-state index in [1.807, 2.05) is 24.1 Å². The van der Waals surface area contributed by atoms with Gasteiger partial charge in [-0.1, -0.05) is 0 Å². The van der Waals surface area contributed by atoms with Crippen molar-refractivity contribution in [1.29, 1.82) is 0 Å².